The molecule has 0 aliphatic heterocycles. The van der Waals surface area contributed by atoms with Crippen LogP contribution in [0.25, 0.3) is 11.1 Å². The highest BCUT2D eigenvalue weighted by Gasteiger charge is 2.31. The Morgan fingerprint density at radius 3 is 2.13 bits per heavy atom. The Morgan fingerprint density at radius 2 is 1.57 bits per heavy atom. The fraction of sp³-hybridized carbons (Fsp3) is 0.250. The van der Waals surface area contributed by atoms with Gasteiger partial charge < -0.3 is 21.1 Å². The molecule has 0 heterocycles. The number of hydrogen-bond donors (Lipinski definition) is 5. The lowest BCUT2D eigenvalue weighted by molar-refractivity contribution is -0.144. The number of nitrogens with two attached hydrogens (primary N) is 1. The van der Waals surface area contributed by atoms with Crippen molar-refractivity contribution in [2.75, 3.05) is 0 Å². The summed E-state index contributed by atoms with van der Waals surface area (Å²) in [5.41, 5.74) is 5.31. The minimum absolute atomic E-state index is 0.00617. The topological polar surface area (TPSA) is 150 Å². The number of nitrogens with one attached hydrogen (secondary N) is 1. The molecular weight excluding hydrogens is 402 g/mol. The summed E-state index contributed by atoms with van der Waals surface area (Å²) in [6, 6.07) is 4.92. The average Bonchev–Trinajstić information content (AvgIpc) is 2.67. The first-order chi connectivity index (χ1) is 14.1. The van der Waals surface area contributed by atoms with Gasteiger partial charge in [-0.3, -0.25) is 19.7 Å². The fourth-order valence-electron chi connectivity index (χ4n) is 2.97. The summed E-state index contributed by atoms with van der Waals surface area (Å²) in [5, 5.41) is 29.9. The Bertz CT molecular complexity index is 953. The Balaban J connectivity index is 2.34. The Hall–Kier alpha value is -3.37. The number of carbonyl (C=O) groups is 3. The number of aliphatic carboxylic acids is 3. The third-order valence-electron chi connectivity index (χ3n) is 4.49. The van der Waals surface area contributed by atoms with Crippen LogP contribution in [0.3, 0.4) is 0 Å². The summed E-state index contributed by atoms with van der Waals surface area (Å²) < 4.78 is 29.0. The summed E-state index contributed by atoms with van der Waals surface area (Å²) in [7, 11) is 0. The molecule has 10 heteroatoms. The average molecular weight is 422 g/mol. The molecule has 0 fully saturated rings. The monoisotopic (exact) mass is 422 g/mol. The van der Waals surface area contributed by atoms with Crippen LogP contribution in [0, 0.1) is 11.6 Å². The molecule has 2 rings (SSSR count). The zero-order valence-electron chi connectivity index (χ0n) is 15.6. The van der Waals surface area contributed by atoms with Crippen molar-refractivity contribution < 1.29 is 38.5 Å². The number of carboxylic acids is 3. The zero-order chi connectivity index (χ0) is 22.4. The smallest absolute Gasteiger partial charge is 0.322 e. The second-order valence-electron chi connectivity index (χ2n) is 6.59. The summed E-state index contributed by atoms with van der Waals surface area (Å²) in [6.45, 7) is 0. The molecule has 2 aromatic rings. The van der Waals surface area contributed by atoms with Crippen molar-refractivity contribution in [3.8, 4) is 11.1 Å². The molecule has 6 N–H and O–H groups in total. The molecule has 3 atom stereocenters. The molecule has 8 nitrogen and oxygen atoms in total. The highest BCUT2D eigenvalue weighted by atomic mass is 19.1. The highest BCUT2D eigenvalue weighted by Crippen LogP contribution is 2.28. The van der Waals surface area contributed by atoms with Crippen molar-refractivity contribution >= 4 is 17.9 Å². The molecule has 1 unspecified atom stereocenters. The molecule has 30 heavy (non-hydrogen) atoms. The normalized spacial score (nSPS) is 14.0. The van der Waals surface area contributed by atoms with Gasteiger partial charge in [-0.05, 0) is 11.6 Å². The van der Waals surface area contributed by atoms with Crippen LogP contribution in [0.2, 0.25) is 0 Å². The van der Waals surface area contributed by atoms with Crippen LogP contribution in [-0.4, -0.2) is 51.4 Å². The van der Waals surface area contributed by atoms with E-state index in [1.54, 1.807) is 0 Å². The van der Waals surface area contributed by atoms with Crippen molar-refractivity contribution in [3.63, 3.8) is 0 Å². The minimum Gasteiger partial charge on any atom is -0.481 e. The van der Waals surface area contributed by atoms with Gasteiger partial charge in [-0.15, -0.1) is 0 Å². The first kappa shape index (κ1) is 22.9. The number of rotatable bonds is 10. The number of halogens is 2. The predicted octanol–water partition coefficient (Wildman–Crippen LogP) is 1.47. The molecule has 0 spiro atoms. The molecule has 0 aliphatic carbocycles. The largest absolute Gasteiger partial charge is 0.481 e. The van der Waals surface area contributed by atoms with E-state index in [9.17, 15) is 28.3 Å². The number of hydrogen-bond acceptors (Lipinski definition) is 5. The molecule has 0 saturated heterocycles. The maximum atomic E-state index is 15.0. The lowest BCUT2D eigenvalue weighted by Gasteiger charge is -2.25. The van der Waals surface area contributed by atoms with Crippen LogP contribution >= 0.6 is 0 Å². The Morgan fingerprint density at radius 1 is 0.933 bits per heavy atom. The second-order valence-corrected chi connectivity index (χ2v) is 6.59. The molecule has 0 saturated carbocycles. The molecule has 0 radical (unpaired) electrons. The minimum atomic E-state index is -1.70. The predicted molar refractivity (Wildman–Crippen MR) is 102 cm³/mol. The van der Waals surface area contributed by atoms with E-state index in [0.29, 0.717) is 0 Å². The number of carboxylic acid groups (broad SMARTS) is 3. The van der Waals surface area contributed by atoms with Gasteiger partial charge in [0.25, 0.3) is 0 Å². The van der Waals surface area contributed by atoms with E-state index in [2.05, 4.69) is 5.32 Å². The summed E-state index contributed by atoms with van der Waals surface area (Å²) >= 11 is 0. The SMILES string of the molecule is N[C@H](C(=O)O)C(CC(=O)O)N[C@@H](Cc1cccc(-c2ccccc2F)c1F)C(=O)O. The van der Waals surface area contributed by atoms with Crippen LogP contribution < -0.4 is 11.1 Å². The summed E-state index contributed by atoms with van der Waals surface area (Å²) in [5.74, 6) is -5.87. The quantitative estimate of drug-likeness (QED) is 0.386. The molecule has 2 aromatic carbocycles. The lowest BCUT2D eigenvalue weighted by atomic mass is 9.96. The van der Waals surface area contributed by atoms with Gasteiger partial charge in [0.05, 0.1) is 6.42 Å². The van der Waals surface area contributed by atoms with E-state index in [1.165, 1.54) is 36.4 Å². The first-order valence-electron chi connectivity index (χ1n) is 8.83. The van der Waals surface area contributed by atoms with Crippen molar-refractivity contribution in [2.45, 2.75) is 31.0 Å². The zero-order valence-corrected chi connectivity index (χ0v) is 15.6. The van der Waals surface area contributed by atoms with Gasteiger partial charge in [-0.2, -0.15) is 0 Å². The van der Waals surface area contributed by atoms with Gasteiger partial charge in [0, 0.05) is 23.6 Å². The summed E-state index contributed by atoms with van der Waals surface area (Å²) in [6.07, 6.45) is -1.21. The Kier molecular flexibility index (Phi) is 7.56. The standard InChI is InChI=1S/C20H20F2N2O6/c21-13-7-2-1-5-11(13)12-6-3-4-10(17(12)22)8-15(19(27)28)24-14(9-16(25)26)18(23)20(29)30/h1-7,14-15,18,24H,8-9,23H2,(H,25,26)(H,27,28)(H,29,30)/t14?,15-,18-/m0/s1. The van der Waals surface area contributed by atoms with Crippen molar-refractivity contribution in [2.24, 2.45) is 5.73 Å². The third-order valence-corrected chi connectivity index (χ3v) is 4.49. The van der Waals surface area contributed by atoms with Crippen LogP contribution in [0.4, 0.5) is 8.78 Å². The van der Waals surface area contributed by atoms with Gasteiger partial charge in [-0.1, -0.05) is 36.4 Å². The molecule has 0 aliphatic rings. The van der Waals surface area contributed by atoms with E-state index in [-0.39, 0.29) is 16.7 Å². The van der Waals surface area contributed by atoms with Crippen molar-refractivity contribution in [1.82, 2.24) is 5.32 Å². The van der Waals surface area contributed by atoms with Crippen LogP contribution in [-0.2, 0) is 20.8 Å². The first-order valence-corrected chi connectivity index (χ1v) is 8.83. The summed E-state index contributed by atoms with van der Waals surface area (Å²) in [4.78, 5) is 33.8. The number of benzene rings is 2. The van der Waals surface area contributed by atoms with Gasteiger partial charge >= 0.3 is 17.9 Å². The fourth-order valence-corrected chi connectivity index (χ4v) is 2.97. The van der Waals surface area contributed by atoms with E-state index in [4.69, 9.17) is 15.9 Å². The molecule has 0 aromatic heterocycles. The molecule has 160 valence electrons. The van der Waals surface area contributed by atoms with Gasteiger partial charge in [-0.25, -0.2) is 8.78 Å². The Labute approximate surface area is 169 Å². The van der Waals surface area contributed by atoms with Crippen molar-refractivity contribution in [3.05, 3.63) is 59.7 Å². The van der Waals surface area contributed by atoms with Gasteiger partial charge in [0.2, 0.25) is 0 Å². The lowest BCUT2D eigenvalue weighted by Crippen LogP contribution is -2.56. The molecular formula is C20H20F2N2O6. The molecule has 0 amide bonds. The van der Waals surface area contributed by atoms with Crippen LogP contribution in [0.1, 0.15) is 12.0 Å². The van der Waals surface area contributed by atoms with E-state index >= 15 is 0 Å². The van der Waals surface area contributed by atoms with E-state index in [0.717, 1.165) is 6.07 Å². The third kappa shape index (κ3) is 5.58. The van der Waals surface area contributed by atoms with Crippen LogP contribution in [0.15, 0.2) is 42.5 Å². The van der Waals surface area contributed by atoms with Gasteiger partial charge in [0.1, 0.15) is 23.7 Å². The molecule has 0 bridgehead atoms. The van der Waals surface area contributed by atoms with Crippen molar-refractivity contribution in [1.29, 1.82) is 0 Å². The van der Waals surface area contributed by atoms with Gasteiger partial charge in [0.15, 0.2) is 0 Å². The maximum Gasteiger partial charge on any atom is 0.322 e. The van der Waals surface area contributed by atoms with E-state index < -0.39 is 60.5 Å². The maximum absolute atomic E-state index is 15.0. The second kappa shape index (κ2) is 9.90. The van der Waals surface area contributed by atoms with E-state index in [1.807, 2.05) is 0 Å². The highest BCUT2D eigenvalue weighted by molar-refractivity contribution is 5.78. The van der Waals surface area contributed by atoms with Crippen LogP contribution in [0.5, 0.6) is 0 Å².